The van der Waals surface area contributed by atoms with Gasteiger partial charge in [0, 0.05) is 19.2 Å². The van der Waals surface area contributed by atoms with E-state index in [1.807, 2.05) is 0 Å². The predicted molar refractivity (Wildman–Crippen MR) is 61.7 cm³/mol. The van der Waals surface area contributed by atoms with Crippen molar-refractivity contribution in [3.8, 4) is 0 Å². The summed E-state index contributed by atoms with van der Waals surface area (Å²) in [6.45, 7) is 2.11. The van der Waals surface area contributed by atoms with Gasteiger partial charge in [-0.25, -0.2) is 4.79 Å². The van der Waals surface area contributed by atoms with E-state index in [-0.39, 0.29) is 18.7 Å². The van der Waals surface area contributed by atoms with Gasteiger partial charge >= 0.3 is 12.0 Å². The van der Waals surface area contributed by atoms with Crippen molar-refractivity contribution in [1.82, 2.24) is 10.2 Å². The van der Waals surface area contributed by atoms with Gasteiger partial charge in [0.1, 0.15) is 6.04 Å². The van der Waals surface area contributed by atoms with E-state index in [4.69, 9.17) is 10.2 Å². The van der Waals surface area contributed by atoms with Crippen molar-refractivity contribution in [3.63, 3.8) is 0 Å². The van der Waals surface area contributed by atoms with Gasteiger partial charge in [-0.05, 0) is 32.6 Å². The molecule has 0 saturated carbocycles. The van der Waals surface area contributed by atoms with Crippen LogP contribution >= 0.6 is 0 Å². The first kappa shape index (κ1) is 13.8. The van der Waals surface area contributed by atoms with Gasteiger partial charge in [0.2, 0.25) is 0 Å². The lowest BCUT2D eigenvalue weighted by atomic mass is 10.00. The first-order valence-corrected chi connectivity index (χ1v) is 5.97. The van der Waals surface area contributed by atoms with Gasteiger partial charge < -0.3 is 20.4 Å². The fraction of sp³-hybridized carbons (Fsp3) is 0.818. The first-order chi connectivity index (χ1) is 8.06. The highest BCUT2D eigenvalue weighted by molar-refractivity contribution is 5.82. The minimum Gasteiger partial charge on any atom is -0.480 e. The number of carbonyl (C=O) groups excluding carboxylic acids is 1. The third-order valence-electron chi connectivity index (χ3n) is 3.06. The SMILES string of the molecule is C[C@@H](NC(=O)N1CCCCC1CCO)C(=O)O. The normalized spacial score (nSPS) is 22.0. The summed E-state index contributed by atoms with van der Waals surface area (Å²) in [7, 11) is 0. The molecule has 98 valence electrons. The Balaban J connectivity index is 2.55. The van der Waals surface area contributed by atoms with E-state index in [2.05, 4.69) is 5.32 Å². The topological polar surface area (TPSA) is 89.9 Å². The second kappa shape index (κ2) is 6.44. The van der Waals surface area contributed by atoms with Crippen LogP contribution in [0.3, 0.4) is 0 Å². The van der Waals surface area contributed by atoms with Crippen LogP contribution in [0.4, 0.5) is 4.79 Å². The number of amides is 2. The zero-order valence-electron chi connectivity index (χ0n) is 10.1. The molecule has 1 fully saturated rings. The van der Waals surface area contributed by atoms with Crippen LogP contribution in [-0.4, -0.2) is 52.3 Å². The number of rotatable bonds is 4. The van der Waals surface area contributed by atoms with E-state index >= 15 is 0 Å². The fourth-order valence-corrected chi connectivity index (χ4v) is 2.05. The number of aliphatic carboxylic acids is 1. The highest BCUT2D eigenvalue weighted by Crippen LogP contribution is 2.19. The summed E-state index contributed by atoms with van der Waals surface area (Å²) >= 11 is 0. The lowest BCUT2D eigenvalue weighted by Gasteiger charge is -2.35. The van der Waals surface area contributed by atoms with E-state index in [0.29, 0.717) is 13.0 Å². The highest BCUT2D eigenvalue weighted by Gasteiger charge is 2.27. The maximum atomic E-state index is 11.9. The molecule has 2 amide bonds. The molecule has 0 spiro atoms. The van der Waals surface area contributed by atoms with Gasteiger partial charge in [-0.2, -0.15) is 0 Å². The number of carboxylic acid groups (broad SMARTS) is 1. The number of aliphatic hydroxyl groups is 1. The largest absolute Gasteiger partial charge is 0.480 e. The third-order valence-corrected chi connectivity index (χ3v) is 3.06. The van der Waals surface area contributed by atoms with Gasteiger partial charge in [0.05, 0.1) is 0 Å². The van der Waals surface area contributed by atoms with Crippen molar-refractivity contribution in [2.24, 2.45) is 0 Å². The fourth-order valence-electron chi connectivity index (χ4n) is 2.05. The molecule has 1 heterocycles. The maximum Gasteiger partial charge on any atom is 0.325 e. The Hall–Kier alpha value is -1.30. The Morgan fingerprint density at radius 2 is 2.18 bits per heavy atom. The molecule has 0 aromatic rings. The van der Waals surface area contributed by atoms with Crippen LogP contribution in [0.25, 0.3) is 0 Å². The molecule has 6 heteroatoms. The number of urea groups is 1. The number of hydrogen-bond acceptors (Lipinski definition) is 3. The van der Waals surface area contributed by atoms with Crippen molar-refractivity contribution >= 4 is 12.0 Å². The number of piperidine rings is 1. The second-order valence-corrected chi connectivity index (χ2v) is 4.36. The summed E-state index contributed by atoms with van der Waals surface area (Å²) in [5.41, 5.74) is 0. The molecular formula is C11H20N2O4. The molecule has 0 aromatic heterocycles. The van der Waals surface area contributed by atoms with Crippen LogP contribution in [-0.2, 0) is 4.79 Å². The lowest BCUT2D eigenvalue weighted by Crippen LogP contribution is -2.52. The molecule has 1 saturated heterocycles. The minimum absolute atomic E-state index is 0.0229. The summed E-state index contributed by atoms with van der Waals surface area (Å²) in [6.07, 6.45) is 3.39. The lowest BCUT2D eigenvalue weighted by molar-refractivity contribution is -0.138. The Bertz CT molecular complexity index is 281. The van der Waals surface area contributed by atoms with Crippen LogP contribution in [0, 0.1) is 0 Å². The average Bonchev–Trinajstić information content (AvgIpc) is 2.29. The summed E-state index contributed by atoms with van der Waals surface area (Å²) < 4.78 is 0. The third kappa shape index (κ3) is 3.89. The van der Waals surface area contributed by atoms with Crippen LogP contribution < -0.4 is 5.32 Å². The molecule has 1 rings (SSSR count). The van der Waals surface area contributed by atoms with E-state index in [1.54, 1.807) is 4.90 Å². The molecule has 0 aromatic carbocycles. The number of nitrogens with one attached hydrogen (secondary N) is 1. The van der Waals surface area contributed by atoms with Crippen molar-refractivity contribution in [2.45, 2.75) is 44.7 Å². The van der Waals surface area contributed by atoms with Gasteiger partial charge in [0.25, 0.3) is 0 Å². The monoisotopic (exact) mass is 244 g/mol. The molecule has 1 unspecified atom stereocenters. The van der Waals surface area contributed by atoms with Gasteiger partial charge in [-0.3, -0.25) is 4.79 Å². The van der Waals surface area contributed by atoms with Crippen molar-refractivity contribution in [2.75, 3.05) is 13.2 Å². The van der Waals surface area contributed by atoms with E-state index in [1.165, 1.54) is 6.92 Å². The average molecular weight is 244 g/mol. The zero-order valence-corrected chi connectivity index (χ0v) is 10.1. The Morgan fingerprint density at radius 1 is 1.47 bits per heavy atom. The number of aliphatic hydroxyl groups excluding tert-OH is 1. The summed E-state index contributed by atoms with van der Waals surface area (Å²) in [4.78, 5) is 24.2. The zero-order chi connectivity index (χ0) is 12.8. The van der Waals surface area contributed by atoms with Crippen molar-refractivity contribution in [1.29, 1.82) is 0 Å². The summed E-state index contributed by atoms with van der Waals surface area (Å²) in [5, 5.41) is 20.1. The maximum absolute atomic E-state index is 11.9. The predicted octanol–water partition coefficient (Wildman–Crippen LogP) is 0.406. The van der Waals surface area contributed by atoms with Gasteiger partial charge in [-0.15, -0.1) is 0 Å². The number of likely N-dealkylation sites (tertiary alicyclic amines) is 1. The van der Waals surface area contributed by atoms with E-state index < -0.39 is 12.0 Å². The Labute approximate surface area is 101 Å². The van der Waals surface area contributed by atoms with Crippen LogP contribution in [0.1, 0.15) is 32.6 Å². The Morgan fingerprint density at radius 3 is 2.76 bits per heavy atom. The van der Waals surface area contributed by atoms with Crippen LogP contribution in [0.2, 0.25) is 0 Å². The molecule has 1 aliphatic rings. The molecule has 1 aliphatic heterocycles. The van der Waals surface area contributed by atoms with Crippen molar-refractivity contribution in [3.05, 3.63) is 0 Å². The molecule has 0 bridgehead atoms. The van der Waals surface area contributed by atoms with Gasteiger partial charge in [0.15, 0.2) is 0 Å². The van der Waals surface area contributed by atoms with Crippen LogP contribution in [0.5, 0.6) is 0 Å². The summed E-state index contributed by atoms with van der Waals surface area (Å²) in [6, 6.07) is -1.22. The quantitative estimate of drug-likeness (QED) is 0.668. The summed E-state index contributed by atoms with van der Waals surface area (Å²) in [5.74, 6) is -1.05. The van der Waals surface area contributed by atoms with Crippen molar-refractivity contribution < 1.29 is 19.8 Å². The van der Waals surface area contributed by atoms with E-state index in [9.17, 15) is 9.59 Å². The smallest absolute Gasteiger partial charge is 0.325 e. The van der Waals surface area contributed by atoms with Crippen LogP contribution in [0.15, 0.2) is 0 Å². The van der Waals surface area contributed by atoms with Gasteiger partial charge in [-0.1, -0.05) is 0 Å². The molecule has 17 heavy (non-hydrogen) atoms. The molecule has 0 aliphatic carbocycles. The molecule has 6 nitrogen and oxygen atoms in total. The molecule has 3 N–H and O–H groups in total. The molecule has 0 radical (unpaired) electrons. The number of carbonyl (C=O) groups is 2. The first-order valence-electron chi connectivity index (χ1n) is 5.97. The molecule has 2 atom stereocenters. The number of hydrogen-bond donors (Lipinski definition) is 3. The second-order valence-electron chi connectivity index (χ2n) is 4.36. The number of carboxylic acids is 1. The van der Waals surface area contributed by atoms with E-state index in [0.717, 1.165) is 19.3 Å². The Kier molecular flexibility index (Phi) is 5.21. The minimum atomic E-state index is -1.05. The molecular weight excluding hydrogens is 224 g/mol. The standard InChI is InChI=1S/C11H20N2O4/c1-8(10(15)16)12-11(17)13-6-3-2-4-9(13)5-7-14/h8-9,14H,2-7H2,1H3,(H,12,17)(H,15,16)/t8-,9?/m1/s1. The highest BCUT2D eigenvalue weighted by atomic mass is 16.4. The number of nitrogens with zero attached hydrogens (tertiary/aromatic N) is 1.